The zero-order valence-corrected chi connectivity index (χ0v) is 15.5. The lowest BCUT2D eigenvalue weighted by Crippen LogP contribution is -2.17. The first-order valence-corrected chi connectivity index (χ1v) is 9.89. The molecule has 0 aromatic heterocycles. The summed E-state index contributed by atoms with van der Waals surface area (Å²) in [5.74, 6) is 0. The fourth-order valence-electron chi connectivity index (χ4n) is 4.13. The largest absolute Gasteiger partial charge is 0.372 e. The van der Waals surface area contributed by atoms with Gasteiger partial charge >= 0.3 is 0 Å². The summed E-state index contributed by atoms with van der Waals surface area (Å²) in [5.41, 5.74) is 6.42. The number of benzene rings is 2. The minimum absolute atomic E-state index is 1.19. The Kier molecular flexibility index (Phi) is 5.10. The van der Waals surface area contributed by atoms with Crippen molar-refractivity contribution in [2.24, 2.45) is 0 Å². The van der Waals surface area contributed by atoms with Gasteiger partial charge in [-0.15, -0.1) is 0 Å². The van der Waals surface area contributed by atoms with Crippen LogP contribution in [-0.4, -0.2) is 26.2 Å². The summed E-state index contributed by atoms with van der Waals surface area (Å²) >= 11 is 0. The van der Waals surface area contributed by atoms with Crippen molar-refractivity contribution in [1.82, 2.24) is 0 Å². The fourth-order valence-corrected chi connectivity index (χ4v) is 4.13. The SMILES string of the molecule is C=CC=C(c1ccc(N2CCCC2)cc1)c1ccc(N2CCCC2)cc1. The molecule has 2 heterocycles. The summed E-state index contributed by atoms with van der Waals surface area (Å²) in [6.45, 7) is 8.67. The number of hydrogen-bond acceptors (Lipinski definition) is 2. The van der Waals surface area contributed by atoms with Crippen LogP contribution in [0.3, 0.4) is 0 Å². The molecule has 134 valence electrons. The number of anilines is 2. The van der Waals surface area contributed by atoms with Gasteiger partial charge in [0.1, 0.15) is 0 Å². The third-order valence-electron chi connectivity index (χ3n) is 5.58. The maximum Gasteiger partial charge on any atom is 0.0366 e. The molecule has 2 saturated heterocycles. The zero-order valence-electron chi connectivity index (χ0n) is 15.5. The van der Waals surface area contributed by atoms with Gasteiger partial charge in [0.2, 0.25) is 0 Å². The summed E-state index contributed by atoms with van der Waals surface area (Å²) in [6.07, 6.45) is 9.26. The van der Waals surface area contributed by atoms with Crippen molar-refractivity contribution in [3.63, 3.8) is 0 Å². The molecule has 4 rings (SSSR count). The van der Waals surface area contributed by atoms with E-state index in [4.69, 9.17) is 0 Å². The highest BCUT2D eigenvalue weighted by molar-refractivity contribution is 5.82. The van der Waals surface area contributed by atoms with Crippen molar-refractivity contribution in [2.45, 2.75) is 25.7 Å². The second-order valence-corrected chi connectivity index (χ2v) is 7.30. The van der Waals surface area contributed by atoms with Crippen LogP contribution in [0.2, 0.25) is 0 Å². The molecule has 2 nitrogen and oxygen atoms in total. The van der Waals surface area contributed by atoms with Gasteiger partial charge < -0.3 is 9.80 Å². The van der Waals surface area contributed by atoms with Crippen molar-refractivity contribution in [1.29, 1.82) is 0 Å². The van der Waals surface area contributed by atoms with Crippen LogP contribution in [-0.2, 0) is 0 Å². The predicted octanol–water partition coefficient (Wildman–Crippen LogP) is 5.50. The molecule has 0 aliphatic carbocycles. The molecule has 2 aromatic rings. The Labute approximate surface area is 157 Å². The number of nitrogens with zero attached hydrogens (tertiary/aromatic N) is 2. The molecular formula is C24H28N2. The van der Waals surface area contributed by atoms with Gasteiger partial charge in [0.15, 0.2) is 0 Å². The Morgan fingerprint density at radius 3 is 1.38 bits per heavy atom. The average molecular weight is 345 g/mol. The maximum atomic E-state index is 3.92. The van der Waals surface area contributed by atoms with Crippen LogP contribution in [0.25, 0.3) is 5.57 Å². The summed E-state index contributed by atoms with van der Waals surface area (Å²) in [5, 5.41) is 0. The minimum atomic E-state index is 1.19. The smallest absolute Gasteiger partial charge is 0.0366 e. The Bertz CT molecular complexity index is 697. The molecule has 2 fully saturated rings. The summed E-state index contributed by atoms with van der Waals surface area (Å²) in [4.78, 5) is 4.96. The van der Waals surface area contributed by atoms with Crippen molar-refractivity contribution in [3.8, 4) is 0 Å². The van der Waals surface area contributed by atoms with E-state index in [0.717, 1.165) is 0 Å². The first-order chi connectivity index (χ1) is 12.8. The Hall–Kier alpha value is -2.48. The van der Waals surface area contributed by atoms with Crippen molar-refractivity contribution in [2.75, 3.05) is 36.0 Å². The van der Waals surface area contributed by atoms with Crippen LogP contribution in [0.5, 0.6) is 0 Å². The zero-order chi connectivity index (χ0) is 17.8. The Morgan fingerprint density at radius 1 is 0.654 bits per heavy atom. The van der Waals surface area contributed by atoms with E-state index in [9.17, 15) is 0 Å². The molecule has 2 aliphatic heterocycles. The van der Waals surface area contributed by atoms with E-state index < -0.39 is 0 Å². The number of hydrogen-bond donors (Lipinski definition) is 0. The van der Waals surface area contributed by atoms with Crippen LogP contribution >= 0.6 is 0 Å². The van der Waals surface area contributed by atoms with Gasteiger partial charge in [-0.2, -0.15) is 0 Å². The Morgan fingerprint density at radius 2 is 1.04 bits per heavy atom. The molecule has 26 heavy (non-hydrogen) atoms. The van der Waals surface area contributed by atoms with Crippen molar-refractivity contribution >= 4 is 16.9 Å². The van der Waals surface area contributed by atoms with Gasteiger partial charge in [-0.05, 0) is 66.6 Å². The number of rotatable bonds is 5. The first-order valence-electron chi connectivity index (χ1n) is 9.89. The third-order valence-corrected chi connectivity index (χ3v) is 5.58. The van der Waals surface area contributed by atoms with Crippen LogP contribution in [0, 0.1) is 0 Å². The predicted molar refractivity (Wildman–Crippen MR) is 113 cm³/mol. The normalized spacial score (nSPS) is 16.8. The topological polar surface area (TPSA) is 6.48 Å². The van der Waals surface area contributed by atoms with Crippen molar-refractivity contribution in [3.05, 3.63) is 78.4 Å². The van der Waals surface area contributed by atoms with E-state index in [1.807, 2.05) is 6.08 Å². The summed E-state index contributed by atoms with van der Waals surface area (Å²) in [6, 6.07) is 18.0. The third kappa shape index (κ3) is 3.55. The lowest BCUT2D eigenvalue weighted by atomic mass is 9.97. The highest BCUT2D eigenvalue weighted by atomic mass is 15.1. The standard InChI is InChI=1S/C24H28N2/c1-2-7-24(20-8-12-22(13-9-20)25-16-3-4-17-25)21-10-14-23(15-11-21)26-18-5-6-19-26/h2,7-15H,1,3-6,16-19H2. The highest BCUT2D eigenvalue weighted by Gasteiger charge is 2.14. The Balaban J connectivity index is 1.57. The molecule has 0 saturated carbocycles. The van der Waals surface area contributed by atoms with Gasteiger partial charge in [-0.1, -0.05) is 43.0 Å². The van der Waals surface area contributed by atoms with Crippen LogP contribution in [0.15, 0.2) is 67.3 Å². The van der Waals surface area contributed by atoms with Gasteiger partial charge in [0.05, 0.1) is 0 Å². The van der Waals surface area contributed by atoms with Crippen LogP contribution < -0.4 is 9.80 Å². The minimum Gasteiger partial charge on any atom is -0.372 e. The lowest BCUT2D eigenvalue weighted by Gasteiger charge is -2.19. The van der Waals surface area contributed by atoms with E-state index in [2.05, 4.69) is 71.0 Å². The van der Waals surface area contributed by atoms with Crippen molar-refractivity contribution < 1.29 is 0 Å². The molecular weight excluding hydrogens is 316 g/mol. The van der Waals surface area contributed by atoms with E-state index in [1.54, 1.807) is 0 Å². The van der Waals surface area contributed by atoms with E-state index in [0.29, 0.717) is 0 Å². The second kappa shape index (κ2) is 7.82. The van der Waals surface area contributed by atoms with Gasteiger partial charge in [-0.25, -0.2) is 0 Å². The molecule has 0 atom stereocenters. The monoisotopic (exact) mass is 344 g/mol. The van der Waals surface area contributed by atoms with Gasteiger partial charge in [0, 0.05) is 37.6 Å². The molecule has 0 bridgehead atoms. The quantitative estimate of drug-likeness (QED) is 0.660. The molecule has 0 amide bonds. The van der Waals surface area contributed by atoms with Crippen LogP contribution in [0.1, 0.15) is 36.8 Å². The molecule has 2 aliphatic rings. The first kappa shape index (κ1) is 17.0. The maximum absolute atomic E-state index is 3.92. The lowest BCUT2D eigenvalue weighted by molar-refractivity contribution is 0.949. The van der Waals surface area contributed by atoms with Gasteiger partial charge in [0.25, 0.3) is 0 Å². The molecule has 0 N–H and O–H groups in total. The van der Waals surface area contributed by atoms with E-state index in [-0.39, 0.29) is 0 Å². The molecule has 0 spiro atoms. The highest BCUT2D eigenvalue weighted by Crippen LogP contribution is 2.29. The van der Waals surface area contributed by atoms with E-state index in [1.165, 1.54) is 79.9 Å². The van der Waals surface area contributed by atoms with Crippen LogP contribution in [0.4, 0.5) is 11.4 Å². The molecule has 0 unspecified atom stereocenters. The summed E-state index contributed by atoms with van der Waals surface area (Å²) in [7, 11) is 0. The van der Waals surface area contributed by atoms with Gasteiger partial charge in [-0.3, -0.25) is 0 Å². The molecule has 0 radical (unpaired) electrons. The fraction of sp³-hybridized carbons (Fsp3) is 0.333. The second-order valence-electron chi connectivity index (χ2n) is 7.30. The molecule has 2 heteroatoms. The number of allylic oxidation sites excluding steroid dienone is 2. The molecule has 2 aromatic carbocycles. The summed E-state index contributed by atoms with van der Waals surface area (Å²) < 4.78 is 0. The van der Waals surface area contributed by atoms with E-state index >= 15 is 0 Å². The average Bonchev–Trinajstić information content (AvgIpc) is 3.40.